The van der Waals surface area contributed by atoms with Crippen LogP contribution < -0.4 is 4.57 Å². The molecule has 0 spiro atoms. The summed E-state index contributed by atoms with van der Waals surface area (Å²) in [5, 5.41) is 2.00. The number of hydrogen-bond donors (Lipinski definition) is 0. The van der Waals surface area contributed by atoms with Crippen molar-refractivity contribution >= 4 is 33.0 Å². The number of para-hydroxylation sites is 3. The Morgan fingerprint density at radius 3 is 2.39 bits per heavy atom. The monoisotopic (exact) mass is 479 g/mol. The molecule has 3 aromatic heterocycles. The average Bonchev–Trinajstić information content (AvgIpc) is 3.68. The van der Waals surface area contributed by atoms with Crippen LogP contribution in [0.3, 0.4) is 0 Å². The summed E-state index contributed by atoms with van der Waals surface area (Å²) < 4.78 is 29.7. The van der Waals surface area contributed by atoms with Crippen molar-refractivity contribution < 1.29 is 11.7 Å². The molecule has 0 aliphatic heterocycles. The van der Waals surface area contributed by atoms with Crippen LogP contribution in [0, 0.1) is 6.33 Å². The van der Waals surface area contributed by atoms with Crippen molar-refractivity contribution in [2.24, 2.45) is 0 Å². The van der Waals surface area contributed by atoms with E-state index in [-0.39, 0.29) is 5.54 Å². The highest BCUT2D eigenvalue weighted by molar-refractivity contribution is 6.08. The number of furan rings is 1. The fourth-order valence-electron chi connectivity index (χ4n) is 6.22. The number of nitrogens with zero attached hydrogens (tertiary/aromatic N) is 3. The predicted octanol–water partition coefficient (Wildman–Crippen LogP) is 8.08. The zero-order valence-corrected chi connectivity index (χ0v) is 21.5. The Bertz CT molecular complexity index is 1700. The summed E-state index contributed by atoms with van der Waals surface area (Å²) >= 11 is 0. The van der Waals surface area contributed by atoms with E-state index in [2.05, 4.69) is 84.8 Å². The molecule has 4 heteroatoms. The first-order valence-electron chi connectivity index (χ1n) is 14.5. The normalized spacial score (nSPS) is 20.4. The molecular weight excluding hydrogens is 442 g/mol. The third kappa shape index (κ3) is 3.41. The SMILES string of the molecule is [2H]C1(c2cc3c(oc4c(-n5[c-][n+](C(C)(C)C)c6ccccc65)cccc43)c(C3([2H])CCCC3)n2)CCCC1. The maximum atomic E-state index is 9.41. The fourth-order valence-corrected chi connectivity index (χ4v) is 6.22. The molecule has 4 nitrogen and oxygen atoms in total. The van der Waals surface area contributed by atoms with E-state index in [4.69, 9.17) is 9.40 Å². The first kappa shape index (κ1) is 20.0. The summed E-state index contributed by atoms with van der Waals surface area (Å²) in [7, 11) is 0. The van der Waals surface area contributed by atoms with Gasteiger partial charge in [-0.05, 0) is 52.5 Å². The summed E-state index contributed by atoms with van der Waals surface area (Å²) in [6.07, 6.45) is 11.0. The molecule has 0 N–H and O–H groups in total. The zero-order valence-electron chi connectivity index (χ0n) is 23.5. The number of hydrogen-bond acceptors (Lipinski definition) is 2. The van der Waals surface area contributed by atoms with Crippen LogP contribution in [0.25, 0.3) is 38.7 Å². The van der Waals surface area contributed by atoms with E-state index in [0.717, 1.165) is 101 Å². The first-order chi connectivity index (χ1) is 18.2. The minimum absolute atomic E-state index is 0.136. The zero-order chi connectivity index (χ0) is 26.3. The highest BCUT2D eigenvalue weighted by Gasteiger charge is 2.28. The third-order valence-corrected chi connectivity index (χ3v) is 8.05. The molecule has 2 aliphatic carbocycles. The van der Waals surface area contributed by atoms with Crippen LogP contribution in [0.1, 0.15) is 98.1 Å². The number of pyridine rings is 1. The van der Waals surface area contributed by atoms with Gasteiger partial charge in [-0.2, -0.15) is 0 Å². The Labute approximate surface area is 215 Å². The summed E-state index contributed by atoms with van der Waals surface area (Å²) in [5.74, 6) is -1.44. The summed E-state index contributed by atoms with van der Waals surface area (Å²) in [5.41, 5.74) is 6.02. The van der Waals surface area contributed by atoms with Crippen LogP contribution in [0.15, 0.2) is 52.9 Å². The molecule has 0 atom stereocenters. The minimum Gasteiger partial charge on any atom is -0.460 e. The van der Waals surface area contributed by atoms with Crippen molar-refractivity contribution in [3.63, 3.8) is 0 Å². The standard InChI is InChI=1S/C32H35N3O/c1-32(2,3)35-20-34(26-16-8-9-17-27(26)35)28-18-10-15-23-24-19-25(21-11-4-5-12-21)33-29(22-13-6-7-14-22)31(24)36-30(23)28/h8-10,15-19,21-22H,4-7,11-14H2,1-3H3/i21D,22D. The summed E-state index contributed by atoms with van der Waals surface area (Å²) in [6.45, 7) is 6.57. The van der Waals surface area contributed by atoms with Gasteiger partial charge in [0.05, 0.1) is 28.0 Å². The largest absolute Gasteiger partial charge is 0.460 e. The van der Waals surface area contributed by atoms with Gasteiger partial charge in [0.1, 0.15) is 5.58 Å². The van der Waals surface area contributed by atoms with E-state index in [0.29, 0.717) is 0 Å². The number of aromatic nitrogens is 3. The van der Waals surface area contributed by atoms with E-state index in [1.807, 2.05) is 0 Å². The quantitative estimate of drug-likeness (QED) is 0.194. The molecule has 2 aromatic carbocycles. The highest BCUT2D eigenvalue weighted by atomic mass is 16.3. The van der Waals surface area contributed by atoms with Gasteiger partial charge in [-0.15, -0.1) is 0 Å². The Morgan fingerprint density at radius 2 is 1.64 bits per heavy atom. The molecule has 0 bridgehead atoms. The van der Waals surface area contributed by atoms with E-state index in [9.17, 15) is 2.74 Å². The average molecular weight is 480 g/mol. The van der Waals surface area contributed by atoms with Crippen molar-refractivity contribution in [3.8, 4) is 5.69 Å². The second kappa shape index (κ2) is 8.19. The fraction of sp³-hybridized carbons (Fsp3) is 0.438. The molecule has 0 radical (unpaired) electrons. The smallest absolute Gasteiger partial charge is 0.244 e. The van der Waals surface area contributed by atoms with Gasteiger partial charge in [0.2, 0.25) is 6.33 Å². The van der Waals surface area contributed by atoms with Crippen LogP contribution >= 0.6 is 0 Å². The van der Waals surface area contributed by atoms with Crippen LogP contribution in [-0.4, -0.2) is 9.55 Å². The lowest BCUT2D eigenvalue weighted by atomic mass is 9.96. The van der Waals surface area contributed by atoms with Gasteiger partial charge in [-0.1, -0.05) is 68.1 Å². The van der Waals surface area contributed by atoms with Crippen LogP contribution in [0.5, 0.6) is 0 Å². The van der Waals surface area contributed by atoms with E-state index in [1.165, 1.54) is 0 Å². The Kier molecular flexibility index (Phi) is 4.55. The molecule has 2 saturated carbocycles. The maximum absolute atomic E-state index is 9.41. The van der Waals surface area contributed by atoms with Gasteiger partial charge in [0.25, 0.3) is 0 Å². The highest BCUT2D eigenvalue weighted by Crippen LogP contribution is 2.43. The van der Waals surface area contributed by atoms with Crippen molar-refractivity contribution in [1.82, 2.24) is 9.55 Å². The number of fused-ring (bicyclic) bond motifs is 4. The van der Waals surface area contributed by atoms with Crippen LogP contribution in [0.4, 0.5) is 0 Å². The molecule has 0 unspecified atom stereocenters. The van der Waals surface area contributed by atoms with Gasteiger partial charge in [-0.25, -0.2) is 0 Å². The number of rotatable bonds is 3. The predicted molar refractivity (Wildman–Crippen MR) is 145 cm³/mol. The summed E-state index contributed by atoms with van der Waals surface area (Å²) in [4.78, 5) is 5.10. The van der Waals surface area contributed by atoms with Gasteiger partial charge >= 0.3 is 0 Å². The van der Waals surface area contributed by atoms with Gasteiger partial charge < -0.3 is 13.6 Å². The lowest BCUT2D eigenvalue weighted by Crippen LogP contribution is -2.49. The molecule has 2 fully saturated rings. The lowest BCUT2D eigenvalue weighted by Gasteiger charge is -2.18. The molecule has 3 heterocycles. The van der Waals surface area contributed by atoms with Gasteiger partial charge in [-0.3, -0.25) is 4.98 Å². The number of benzene rings is 2. The molecular formula is C32H35N3O. The van der Waals surface area contributed by atoms with Gasteiger partial charge in [0, 0.05) is 31.0 Å². The molecule has 0 saturated heterocycles. The van der Waals surface area contributed by atoms with E-state index in [1.54, 1.807) is 0 Å². The Hall–Kier alpha value is -3.14. The third-order valence-electron chi connectivity index (χ3n) is 8.05. The summed E-state index contributed by atoms with van der Waals surface area (Å²) in [6, 6.07) is 16.8. The topological polar surface area (TPSA) is 34.8 Å². The Balaban J connectivity index is 1.54. The van der Waals surface area contributed by atoms with E-state index < -0.39 is 11.8 Å². The molecule has 5 aromatic rings. The van der Waals surface area contributed by atoms with Crippen molar-refractivity contribution in [1.29, 1.82) is 0 Å². The van der Waals surface area contributed by atoms with Crippen molar-refractivity contribution in [2.45, 2.75) is 89.5 Å². The second-order valence-corrected chi connectivity index (χ2v) is 11.5. The van der Waals surface area contributed by atoms with E-state index >= 15 is 0 Å². The molecule has 2 aliphatic rings. The van der Waals surface area contributed by atoms with Crippen LogP contribution in [-0.2, 0) is 5.54 Å². The van der Waals surface area contributed by atoms with Crippen molar-refractivity contribution in [3.05, 3.63) is 66.2 Å². The molecule has 36 heavy (non-hydrogen) atoms. The Morgan fingerprint density at radius 1 is 0.917 bits per heavy atom. The first-order valence-corrected chi connectivity index (χ1v) is 13.5. The molecule has 184 valence electrons. The molecule has 7 rings (SSSR count). The van der Waals surface area contributed by atoms with Crippen LogP contribution in [0.2, 0.25) is 0 Å². The molecule has 0 amide bonds. The second-order valence-electron chi connectivity index (χ2n) is 11.5. The van der Waals surface area contributed by atoms with Crippen molar-refractivity contribution in [2.75, 3.05) is 0 Å². The minimum atomic E-state index is -0.765. The maximum Gasteiger partial charge on any atom is 0.244 e. The number of imidazole rings is 1. The van der Waals surface area contributed by atoms with Gasteiger partial charge in [0.15, 0.2) is 5.58 Å². The lowest BCUT2D eigenvalue weighted by molar-refractivity contribution is -0.734.